The summed E-state index contributed by atoms with van der Waals surface area (Å²) in [6.45, 7) is 0.108. The van der Waals surface area contributed by atoms with E-state index in [2.05, 4.69) is 10.5 Å². The van der Waals surface area contributed by atoms with Crippen molar-refractivity contribution in [1.82, 2.24) is 5.43 Å². The third-order valence-electron chi connectivity index (χ3n) is 4.01. The molecular formula is C20H14Cl2N2O4. The Hall–Kier alpha value is -2.96. The lowest BCUT2D eigenvalue weighted by atomic mass is 10.2. The Labute approximate surface area is 170 Å². The van der Waals surface area contributed by atoms with Crippen LogP contribution in [0.2, 0.25) is 10.0 Å². The van der Waals surface area contributed by atoms with E-state index in [1.165, 1.54) is 6.21 Å². The van der Waals surface area contributed by atoms with Crippen LogP contribution in [0, 0.1) is 0 Å². The first-order valence-electron chi connectivity index (χ1n) is 8.37. The fourth-order valence-corrected chi connectivity index (χ4v) is 3.03. The lowest BCUT2D eigenvalue weighted by molar-refractivity contribution is -0.130. The summed E-state index contributed by atoms with van der Waals surface area (Å²) in [5, 5.41) is 4.75. The molecule has 0 unspecified atom stereocenters. The van der Waals surface area contributed by atoms with Crippen LogP contribution in [0.15, 0.2) is 64.1 Å². The number of carbonyl (C=O) groups excluding carboxylic acids is 1. The van der Waals surface area contributed by atoms with Crippen molar-refractivity contribution in [2.24, 2.45) is 5.10 Å². The van der Waals surface area contributed by atoms with Crippen LogP contribution in [0.3, 0.4) is 0 Å². The number of halogens is 2. The van der Waals surface area contributed by atoms with E-state index in [0.717, 1.165) is 0 Å². The minimum atomic E-state index is -0.788. The van der Waals surface area contributed by atoms with Crippen LogP contribution in [0.4, 0.5) is 0 Å². The summed E-state index contributed by atoms with van der Waals surface area (Å²) in [4.78, 5) is 12.2. The van der Waals surface area contributed by atoms with Crippen LogP contribution in [-0.4, -0.2) is 24.8 Å². The molecule has 4 rings (SSSR count). The second kappa shape index (κ2) is 7.96. The Kier molecular flexibility index (Phi) is 5.23. The number of rotatable bonds is 4. The molecule has 0 saturated heterocycles. The van der Waals surface area contributed by atoms with E-state index in [0.29, 0.717) is 38.6 Å². The summed E-state index contributed by atoms with van der Waals surface area (Å²) in [6, 6.07) is 15.9. The maximum atomic E-state index is 12.2. The summed E-state index contributed by atoms with van der Waals surface area (Å²) >= 11 is 12.2. The highest BCUT2D eigenvalue weighted by Crippen LogP contribution is 2.34. The quantitative estimate of drug-likeness (QED) is 0.500. The number of para-hydroxylation sites is 2. The highest BCUT2D eigenvalue weighted by Gasteiger charge is 2.27. The summed E-state index contributed by atoms with van der Waals surface area (Å²) in [5.41, 5.74) is 3.09. The zero-order valence-corrected chi connectivity index (χ0v) is 15.9. The van der Waals surface area contributed by atoms with Gasteiger partial charge in [0.25, 0.3) is 5.91 Å². The fraction of sp³-hybridized carbons (Fsp3) is 0.100. The average molecular weight is 417 g/mol. The monoisotopic (exact) mass is 416 g/mol. The van der Waals surface area contributed by atoms with Crippen molar-refractivity contribution >= 4 is 35.3 Å². The summed E-state index contributed by atoms with van der Waals surface area (Å²) in [6.07, 6.45) is 0.599. The van der Waals surface area contributed by atoms with Crippen molar-refractivity contribution in [2.75, 3.05) is 6.61 Å². The van der Waals surface area contributed by atoms with Gasteiger partial charge in [-0.1, -0.05) is 41.4 Å². The molecule has 1 aliphatic rings. The van der Waals surface area contributed by atoms with E-state index >= 15 is 0 Å². The second-order valence-corrected chi connectivity index (χ2v) is 6.69. The van der Waals surface area contributed by atoms with Crippen molar-refractivity contribution in [3.63, 3.8) is 0 Å². The van der Waals surface area contributed by atoms with Gasteiger partial charge in [-0.3, -0.25) is 4.79 Å². The van der Waals surface area contributed by atoms with Gasteiger partial charge in [-0.15, -0.1) is 0 Å². The van der Waals surface area contributed by atoms with Gasteiger partial charge in [0, 0.05) is 5.56 Å². The first kappa shape index (κ1) is 18.4. The lowest BCUT2D eigenvalue weighted by Gasteiger charge is -2.24. The number of ether oxygens (including phenoxy) is 2. The number of furan rings is 1. The number of hydrogen-bond donors (Lipinski definition) is 1. The summed E-state index contributed by atoms with van der Waals surface area (Å²) < 4.78 is 16.8. The number of hydrogen-bond acceptors (Lipinski definition) is 5. The second-order valence-electron chi connectivity index (χ2n) is 5.90. The molecule has 6 nitrogen and oxygen atoms in total. The predicted octanol–water partition coefficient (Wildman–Crippen LogP) is 4.54. The van der Waals surface area contributed by atoms with E-state index in [9.17, 15) is 4.79 Å². The highest BCUT2D eigenvalue weighted by atomic mass is 35.5. The molecule has 2 aromatic carbocycles. The van der Waals surface area contributed by atoms with E-state index in [1.54, 1.807) is 48.5 Å². The molecule has 3 aromatic rings. The molecule has 0 saturated carbocycles. The molecule has 1 atom stereocenters. The Bertz CT molecular complexity index is 1050. The molecule has 0 aliphatic carbocycles. The smallest absolute Gasteiger partial charge is 0.284 e. The first-order valence-corrected chi connectivity index (χ1v) is 9.13. The van der Waals surface area contributed by atoms with E-state index < -0.39 is 12.0 Å². The average Bonchev–Trinajstić information content (AvgIpc) is 3.18. The number of nitrogens with one attached hydrogen (secondary N) is 1. The summed E-state index contributed by atoms with van der Waals surface area (Å²) in [7, 11) is 0. The van der Waals surface area contributed by atoms with Gasteiger partial charge in [0.1, 0.15) is 18.1 Å². The topological polar surface area (TPSA) is 73.1 Å². The third kappa shape index (κ3) is 3.83. The van der Waals surface area contributed by atoms with Gasteiger partial charge < -0.3 is 13.9 Å². The minimum absolute atomic E-state index is 0.108. The van der Waals surface area contributed by atoms with Crippen molar-refractivity contribution in [3.8, 4) is 22.8 Å². The fourth-order valence-electron chi connectivity index (χ4n) is 2.64. The molecule has 0 radical (unpaired) electrons. The normalized spacial score (nSPS) is 15.6. The van der Waals surface area contributed by atoms with Gasteiger partial charge >= 0.3 is 0 Å². The predicted molar refractivity (Wildman–Crippen MR) is 106 cm³/mol. The van der Waals surface area contributed by atoms with Crippen molar-refractivity contribution in [1.29, 1.82) is 0 Å². The molecule has 0 fully saturated rings. The number of benzene rings is 2. The molecule has 2 heterocycles. The largest absolute Gasteiger partial charge is 0.485 e. The van der Waals surface area contributed by atoms with Crippen molar-refractivity contribution in [2.45, 2.75) is 6.10 Å². The van der Waals surface area contributed by atoms with Gasteiger partial charge in [-0.25, -0.2) is 5.43 Å². The Balaban J connectivity index is 1.39. The number of amides is 1. The molecule has 142 valence electrons. The number of nitrogens with zero attached hydrogens (tertiary/aromatic N) is 1. The van der Waals surface area contributed by atoms with Crippen LogP contribution in [0.25, 0.3) is 11.3 Å². The first-order chi connectivity index (χ1) is 13.6. The number of fused-ring (bicyclic) bond motifs is 1. The molecule has 1 aliphatic heterocycles. The van der Waals surface area contributed by atoms with Crippen LogP contribution in [-0.2, 0) is 4.79 Å². The standard InChI is InChI=1S/C20H14Cl2N2O4/c21-14-5-3-4-13(19(14)22)15-9-8-12(27-15)10-23-24-20(25)18-11-26-16-6-1-2-7-17(16)28-18/h1-10,18H,11H2,(H,24,25)/b23-10+/t18-/m0/s1. The van der Waals surface area contributed by atoms with Gasteiger partial charge in [0.2, 0.25) is 6.10 Å². The zero-order chi connectivity index (χ0) is 19.5. The van der Waals surface area contributed by atoms with Crippen molar-refractivity contribution < 1.29 is 18.7 Å². The van der Waals surface area contributed by atoms with Crippen molar-refractivity contribution in [3.05, 3.63) is 70.4 Å². The van der Waals surface area contributed by atoms with Crippen LogP contribution in [0.1, 0.15) is 5.76 Å². The molecule has 1 aromatic heterocycles. The molecule has 0 bridgehead atoms. The Morgan fingerprint density at radius 3 is 2.75 bits per heavy atom. The molecule has 0 spiro atoms. The maximum absolute atomic E-state index is 12.2. The number of hydrazone groups is 1. The molecule has 28 heavy (non-hydrogen) atoms. The summed E-state index contributed by atoms with van der Waals surface area (Å²) in [5.74, 6) is 1.69. The van der Waals surface area contributed by atoms with E-state index in [-0.39, 0.29) is 6.61 Å². The van der Waals surface area contributed by atoms with Gasteiger partial charge in [0.05, 0.1) is 16.3 Å². The van der Waals surface area contributed by atoms with E-state index in [1.807, 2.05) is 6.07 Å². The minimum Gasteiger partial charge on any atom is -0.485 e. The van der Waals surface area contributed by atoms with Crippen LogP contribution < -0.4 is 14.9 Å². The Morgan fingerprint density at radius 1 is 1.07 bits per heavy atom. The molecule has 1 N–H and O–H groups in total. The van der Waals surface area contributed by atoms with E-state index in [4.69, 9.17) is 37.1 Å². The maximum Gasteiger partial charge on any atom is 0.284 e. The number of carbonyl (C=O) groups is 1. The van der Waals surface area contributed by atoms with Gasteiger partial charge in [-0.2, -0.15) is 5.10 Å². The third-order valence-corrected chi connectivity index (χ3v) is 4.83. The van der Waals surface area contributed by atoms with Crippen LogP contribution >= 0.6 is 23.2 Å². The zero-order valence-electron chi connectivity index (χ0n) is 14.4. The SMILES string of the molecule is O=C(N/N=C/c1ccc(-c2cccc(Cl)c2Cl)o1)[C@@H]1COc2ccccc2O1. The van der Waals surface area contributed by atoms with Crippen LogP contribution in [0.5, 0.6) is 11.5 Å². The highest BCUT2D eigenvalue weighted by molar-refractivity contribution is 6.43. The molecular weight excluding hydrogens is 403 g/mol. The lowest BCUT2D eigenvalue weighted by Crippen LogP contribution is -2.42. The Morgan fingerprint density at radius 2 is 1.89 bits per heavy atom. The van der Waals surface area contributed by atoms with Gasteiger partial charge in [-0.05, 0) is 36.4 Å². The van der Waals surface area contributed by atoms with Gasteiger partial charge in [0.15, 0.2) is 11.5 Å². The molecule has 8 heteroatoms. The molecule has 1 amide bonds.